The van der Waals surface area contributed by atoms with Crippen LogP contribution in [0, 0.1) is 17.3 Å². The molecule has 0 fully saturated rings. The highest BCUT2D eigenvalue weighted by Gasteiger charge is 2.43. The van der Waals surface area contributed by atoms with Crippen molar-refractivity contribution in [1.82, 2.24) is 0 Å². The first-order chi connectivity index (χ1) is 10.4. The van der Waals surface area contributed by atoms with Crippen LogP contribution in [-0.2, 0) is 14.3 Å². The van der Waals surface area contributed by atoms with Crippen LogP contribution in [0.4, 0.5) is 0 Å². The fourth-order valence-electron chi connectivity index (χ4n) is 4.08. The van der Waals surface area contributed by atoms with E-state index >= 15 is 0 Å². The van der Waals surface area contributed by atoms with E-state index < -0.39 is 0 Å². The fourth-order valence-corrected chi connectivity index (χ4v) is 4.08. The summed E-state index contributed by atoms with van der Waals surface area (Å²) in [6.07, 6.45) is 9.05. The Morgan fingerprint density at radius 1 is 1.32 bits per heavy atom. The van der Waals surface area contributed by atoms with Gasteiger partial charge in [-0.25, -0.2) is 0 Å². The van der Waals surface area contributed by atoms with Gasteiger partial charge in [0.25, 0.3) is 0 Å². The number of ether oxygens (including phenoxy) is 1. The molecule has 2 rings (SSSR count). The summed E-state index contributed by atoms with van der Waals surface area (Å²) < 4.78 is 5.91. The summed E-state index contributed by atoms with van der Waals surface area (Å²) in [6, 6.07) is 0. The number of allylic oxidation sites excluding steroid dienone is 1. The van der Waals surface area contributed by atoms with E-state index in [1.807, 2.05) is 0 Å². The molecule has 0 spiro atoms. The molecule has 1 aliphatic heterocycles. The van der Waals surface area contributed by atoms with E-state index in [4.69, 9.17) is 4.74 Å². The normalized spacial score (nSPS) is 35.2. The largest absolute Gasteiger partial charge is 0.363 e. The minimum atomic E-state index is -0.325. The number of hydrogen-bond donors (Lipinski definition) is 0. The summed E-state index contributed by atoms with van der Waals surface area (Å²) in [7, 11) is 0. The first-order valence-electron chi connectivity index (χ1n) is 8.33. The smallest absolute Gasteiger partial charge is 0.149 e. The van der Waals surface area contributed by atoms with E-state index in [0.717, 1.165) is 25.4 Å². The summed E-state index contributed by atoms with van der Waals surface area (Å²) in [6.45, 7) is 8.74. The Balaban J connectivity index is 2.17. The van der Waals surface area contributed by atoms with Crippen molar-refractivity contribution in [1.29, 1.82) is 0 Å². The third-order valence-electron chi connectivity index (χ3n) is 5.56. The van der Waals surface area contributed by atoms with Crippen molar-refractivity contribution in [3.05, 3.63) is 23.3 Å². The number of carbonyl (C=O) groups is 2. The van der Waals surface area contributed by atoms with Crippen LogP contribution in [0.2, 0.25) is 0 Å². The van der Waals surface area contributed by atoms with E-state index in [1.165, 1.54) is 11.1 Å². The zero-order chi connectivity index (χ0) is 16.3. The Bertz CT molecular complexity index is 489. The Hall–Kier alpha value is -1.22. The Labute approximate surface area is 133 Å². The van der Waals surface area contributed by atoms with Gasteiger partial charge in [0.2, 0.25) is 0 Å². The highest BCUT2D eigenvalue weighted by atomic mass is 16.5. The molecule has 22 heavy (non-hydrogen) atoms. The van der Waals surface area contributed by atoms with Crippen LogP contribution in [0.15, 0.2) is 23.3 Å². The minimum absolute atomic E-state index is 0.0351. The second kappa shape index (κ2) is 6.91. The van der Waals surface area contributed by atoms with Crippen LogP contribution in [0.3, 0.4) is 0 Å². The summed E-state index contributed by atoms with van der Waals surface area (Å²) in [4.78, 5) is 22.2. The zero-order valence-electron chi connectivity index (χ0n) is 14.2. The molecule has 1 heterocycles. The topological polar surface area (TPSA) is 43.4 Å². The minimum Gasteiger partial charge on any atom is -0.363 e. The molecule has 0 aromatic carbocycles. The Morgan fingerprint density at radius 2 is 2.05 bits per heavy atom. The Kier molecular flexibility index (Phi) is 5.38. The molecule has 0 aromatic heterocycles. The van der Waals surface area contributed by atoms with Crippen LogP contribution in [-0.4, -0.2) is 24.8 Å². The first kappa shape index (κ1) is 17.1. The molecule has 0 bridgehead atoms. The van der Waals surface area contributed by atoms with Gasteiger partial charge >= 0.3 is 0 Å². The maximum Gasteiger partial charge on any atom is 0.149 e. The van der Waals surface area contributed by atoms with Crippen LogP contribution in [0.25, 0.3) is 0 Å². The second-order valence-corrected chi connectivity index (χ2v) is 7.29. The van der Waals surface area contributed by atoms with Crippen molar-refractivity contribution in [2.45, 2.75) is 65.6 Å². The lowest BCUT2D eigenvalue weighted by Gasteiger charge is -2.38. The molecule has 0 amide bonds. The fraction of sp³-hybridized carbons (Fsp3) is 0.684. The van der Waals surface area contributed by atoms with Gasteiger partial charge in [-0.1, -0.05) is 38.5 Å². The number of carbonyl (C=O) groups excluding carboxylic acids is 2. The molecule has 0 N–H and O–H groups in total. The maximum atomic E-state index is 11.2. The van der Waals surface area contributed by atoms with Crippen LogP contribution >= 0.6 is 0 Å². The number of rotatable bonds is 6. The van der Waals surface area contributed by atoms with Crippen molar-refractivity contribution in [2.24, 2.45) is 17.3 Å². The van der Waals surface area contributed by atoms with Crippen LogP contribution in [0.1, 0.15) is 53.4 Å². The number of hydrogen-bond acceptors (Lipinski definition) is 3. The first-order valence-corrected chi connectivity index (χ1v) is 8.33. The van der Waals surface area contributed by atoms with Gasteiger partial charge < -0.3 is 14.3 Å². The van der Waals surface area contributed by atoms with Gasteiger partial charge in [0.1, 0.15) is 18.7 Å². The molecular weight excluding hydrogens is 276 g/mol. The molecule has 3 heteroatoms. The van der Waals surface area contributed by atoms with Crippen molar-refractivity contribution in [3.63, 3.8) is 0 Å². The van der Waals surface area contributed by atoms with Gasteiger partial charge in [0.05, 0.1) is 6.10 Å². The van der Waals surface area contributed by atoms with E-state index in [0.29, 0.717) is 24.7 Å². The predicted octanol–water partition coefficient (Wildman–Crippen LogP) is 3.88. The quantitative estimate of drug-likeness (QED) is 0.552. The molecule has 4 atom stereocenters. The summed E-state index contributed by atoms with van der Waals surface area (Å²) >= 11 is 0. The van der Waals surface area contributed by atoms with Gasteiger partial charge in [0, 0.05) is 6.42 Å². The third kappa shape index (κ3) is 3.24. The molecule has 0 saturated carbocycles. The molecule has 122 valence electrons. The predicted molar refractivity (Wildman–Crippen MR) is 87.5 cm³/mol. The van der Waals surface area contributed by atoms with Crippen LogP contribution < -0.4 is 0 Å². The van der Waals surface area contributed by atoms with Crippen LogP contribution in [0.5, 0.6) is 0 Å². The molecule has 0 unspecified atom stereocenters. The summed E-state index contributed by atoms with van der Waals surface area (Å²) in [5, 5.41) is 0. The highest BCUT2D eigenvalue weighted by Crippen LogP contribution is 2.51. The van der Waals surface area contributed by atoms with E-state index in [9.17, 15) is 9.59 Å². The SMILES string of the molecule is CC1=CC[C@@H](C=O)O[C@@H]1CC1=CC[C@@H](C(C)C)[C@]1(C)CC=O. The van der Waals surface area contributed by atoms with E-state index in [1.54, 1.807) is 0 Å². The standard InChI is InChI=1S/C19H28O3/c1-13(2)17-8-6-15(19(17,4)9-10-20)11-18-14(3)5-7-16(12-21)22-18/h5-6,10,12-13,16-18H,7-9,11H2,1-4H3/t16-,17-,18+,19+/m0/s1. The third-order valence-corrected chi connectivity index (χ3v) is 5.56. The lowest BCUT2D eigenvalue weighted by molar-refractivity contribution is -0.121. The number of aldehydes is 2. The molecule has 0 aromatic rings. The Morgan fingerprint density at radius 3 is 2.64 bits per heavy atom. The van der Waals surface area contributed by atoms with E-state index in [-0.39, 0.29) is 17.6 Å². The molecule has 2 aliphatic rings. The van der Waals surface area contributed by atoms with Gasteiger partial charge in [-0.3, -0.25) is 0 Å². The van der Waals surface area contributed by atoms with Gasteiger partial charge in [-0.2, -0.15) is 0 Å². The van der Waals surface area contributed by atoms with Crippen molar-refractivity contribution in [2.75, 3.05) is 0 Å². The molecule has 3 nitrogen and oxygen atoms in total. The van der Waals surface area contributed by atoms with Crippen molar-refractivity contribution >= 4 is 12.6 Å². The van der Waals surface area contributed by atoms with Gasteiger partial charge in [-0.15, -0.1) is 0 Å². The molecule has 0 radical (unpaired) electrons. The molecular formula is C19H28O3. The second-order valence-electron chi connectivity index (χ2n) is 7.29. The van der Waals surface area contributed by atoms with Gasteiger partial charge in [0.15, 0.2) is 0 Å². The zero-order valence-corrected chi connectivity index (χ0v) is 14.2. The maximum absolute atomic E-state index is 11.2. The van der Waals surface area contributed by atoms with Crippen molar-refractivity contribution in [3.8, 4) is 0 Å². The average Bonchev–Trinajstić information content (AvgIpc) is 2.78. The lowest BCUT2D eigenvalue weighted by Crippen LogP contribution is -2.33. The summed E-state index contributed by atoms with van der Waals surface area (Å²) in [5.74, 6) is 1.05. The molecule has 1 aliphatic carbocycles. The monoisotopic (exact) mass is 304 g/mol. The average molecular weight is 304 g/mol. The van der Waals surface area contributed by atoms with Crippen molar-refractivity contribution < 1.29 is 14.3 Å². The van der Waals surface area contributed by atoms with E-state index in [2.05, 4.69) is 39.8 Å². The lowest BCUT2D eigenvalue weighted by atomic mass is 9.67. The van der Waals surface area contributed by atoms with Gasteiger partial charge in [-0.05, 0) is 49.0 Å². The highest BCUT2D eigenvalue weighted by molar-refractivity contribution is 5.57. The summed E-state index contributed by atoms with van der Waals surface area (Å²) in [5.41, 5.74) is 2.44. The molecule has 0 saturated heterocycles.